The first-order chi connectivity index (χ1) is 10.1. The highest BCUT2D eigenvalue weighted by atomic mass is 16.5. The van der Waals surface area contributed by atoms with Crippen molar-refractivity contribution in [2.24, 2.45) is 5.73 Å². The Bertz CT molecular complexity index is 641. The summed E-state index contributed by atoms with van der Waals surface area (Å²) in [4.78, 5) is 11.4. The van der Waals surface area contributed by atoms with Gasteiger partial charge in [0.2, 0.25) is 0 Å². The number of anilines is 2. The van der Waals surface area contributed by atoms with Crippen LogP contribution >= 0.6 is 0 Å². The van der Waals surface area contributed by atoms with Gasteiger partial charge in [-0.05, 0) is 42.3 Å². The second kappa shape index (κ2) is 6.65. The van der Waals surface area contributed by atoms with Gasteiger partial charge in [0, 0.05) is 17.9 Å². The molecule has 5 heteroatoms. The van der Waals surface area contributed by atoms with Crippen molar-refractivity contribution in [1.82, 2.24) is 0 Å². The van der Waals surface area contributed by atoms with Crippen molar-refractivity contribution in [3.8, 4) is 5.75 Å². The highest BCUT2D eigenvalue weighted by Gasteiger charge is 2.08. The molecule has 0 saturated carbocycles. The number of methoxy groups -OCH3 is 1. The van der Waals surface area contributed by atoms with Crippen LogP contribution in [-0.4, -0.2) is 19.6 Å². The Balaban J connectivity index is 2.03. The fourth-order valence-electron chi connectivity index (χ4n) is 2.09. The van der Waals surface area contributed by atoms with E-state index in [-0.39, 0.29) is 0 Å². The SMILES string of the molecule is COc1cccc(CCNc2cc(N)ccc2C(N)=O)c1. The number of amides is 1. The van der Waals surface area contributed by atoms with E-state index in [9.17, 15) is 4.79 Å². The number of ether oxygens (including phenoxy) is 1. The van der Waals surface area contributed by atoms with Crippen LogP contribution in [0.3, 0.4) is 0 Å². The third-order valence-corrected chi connectivity index (χ3v) is 3.17. The lowest BCUT2D eigenvalue weighted by Crippen LogP contribution is -2.15. The van der Waals surface area contributed by atoms with Crippen molar-refractivity contribution in [3.63, 3.8) is 0 Å². The molecule has 0 aliphatic heterocycles. The topological polar surface area (TPSA) is 90.4 Å². The standard InChI is InChI=1S/C16H19N3O2/c1-21-13-4-2-3-11(9-13)7-8-19-15-10-12(17)5-6-14(15)16(18)20/h2-6,9-10,19H,7-8,17H2,1H3,(H2,18,20). The average Bonchev–Trinajstić information content (AvgIpc) is 2.47. The maximum Gasteiger partial charge on any atom is 0.250 e. The smallest absolute Gasteiger partial charge is 0.250 e. The number of hydrogen-bond acceptors (Lipinski definition) is 4. The number of primary amides is 1. The van der Waals surface area contributed by atoms with E-state index in [0.717, 1.165) is 17.7 Å². The van der Waals surface area contributed by atoms with Crippen LogP contribution in [0.2, 0.25) is 0 Å². The number of benzene rings is 2. The van der Waals surface area contributed by atoms with Gasteiger partial charge in [-0.3, -0.25) is 4.79 Å². The summed E-state index contributed by atoms with van der Waals surface area (Å²) in [6.07, 6.45) is 0.796. The molecule has 2 aromatic carbocycles. The molecule has 0 spiro atoms. The molecule has 2 rings (SSSR count). The third kappa shape index (κ3) is 3.89. The molecule has 0 heterocycles. The number of nitrogen functional groups attached to an aromatic ring is 1. The van der Waals surface area contributed by atoms with Gasteiger partial charge in [-0.1, -0.05) is 12.1 Å². The lowest BCUT2D eigenvalue weighted by molar-refractivity contribution is 0.100. The molecule has 0 bridgehead atoms. The van der Waals surface area contributed by atoms with Crippen LogP contribution in [0.4, 0.5) is 11.4 Å². The maximum atomic E-state index is 11.4. The van der Waals surface area contributed by atoms with E-state index in [0.29, 0.717) is 23.5 Å². The zero-order valence-corrected chi connectivity index (χ0v) is 11.9. The molecule has 0 saturated heterocycles. The Hall–Kier alpha value is -2.69. The minimum Gasteiger partial charge on any atom is -0.497 e. The van der Waals surface area contributed by atoms with Crippen molar-refractivity contribution < 1.29 is 9.53 Å². The Kier molecular flexibility index (Phi) is 4.66. The number of carbonyl (C=O) groups is 1. The third-order valence-electron chi connectivity index (χ3n) is 3.17. The molecule has 0 radical (unpaired) electrons. The normalized spacial score (nSPS) is 10.1. The van der Waals surface area contributed by atoms with Gasteiger partial charge in [-0.25, -0.2) is 0 Å². The summed E-state index contributed by atoms with van der Waals surface area (Å²) in [7, 11) is 1.64. The van der Waals surface area contributed by atoms with E-state index in [1.807, 2.05) is 24.3 Å². The van der Waals surface area contributed by atoms with Crippen molar-refractivity contribution in [3.05, 3.63) is 53.6 Å². The minimum absolute atomic E-state index is 0.440. The van der Waals surface area contributed by atoms with E-state index >= 15 is 0 Å². The fraction of sp³-hybridized carbons (Fsp3) is 0.188. The largest absolute Gasteiger partial charge is 0.497 e. The molecule has 5 nitrogen and oxygen atoms in total. The Morgan fingerprint density at radius 2 is 2.05 bits per heavy atom. The quantitative estimate of drug-likeness (QED) is 0.708. The van der Waals surface area contributed by atoms with Crippen molar-refractivity contribution in [2.75, 3.05) is 24.7 Å². The molecular weight excluding hydrogens is 266 g/mol. The molecule has 0 aliphatic rings. The van der Waals surface area contributed by atoms with Crippen molar-refractivity contribution in [1.29, 1.82) is 0 Å². The molecule has 0 atom stereocenters. The second-order valence-electron chi connectivity index (χ2n) is 4.70. The van der Waals surface area contributed by atoms with Crippen LogP contribution < -0.4 is 21.5 Å². The lowest BCUT2D eigenvalue weighted by Gasteiger charge is -2.11. The van der Waals surface area contributed by atoms with Gasteiger partial charge in [0.25, 0.3) is 5.91 Å². The highest BCUT2D eigenvalue weighted by Crippen LogP contribution is 2.19. The summed E-state index contributed by atoms with van der Waals surface area (Å²) >= 11 is 0. The predicted molar refractivity (Wildman–Crippen MR) is 84.6 cm³/mol. The molecule has 0 aromatic heterocycles. The van der Waals surface area contributed by atoms with Gasteiger partial charge in [0.15, 0.2) is 0 Å². The number of hydrogen-bond donors (Lipinski definition) is 3. The first kappa shape index (κ1) is 14.7. The van der Waals surface area contributed by atoms with Gasteiger partial charge in [0.1, 0.15) is 5.75 Å². The Morgan fingerprint density at radius 3 is 2.76 bits per heavy atom. The molecular formula is C16H19N3O2. The summed E-state index contributed by atoms with van der Waals surface area (Å²) in [6, 6.07) is 12.9. The van der Waals surface area contributed by atoms with E-state index in [2.05, 4.69) is 5.32 Å². The highest BCUT2D eigenvalue weighted by molar-refractivity contribution is 5.99. The van der Waals surface area contributed by atoms with Gasteiger partial charge in [0.05, 0.1) is 12.7 Å². The molecule has 21 heavy (non-hydrogen) atoms. The van der Waals surface area contributed by atoms with Crippen LogP contribution in [0.5, 0.6) is 5.75 Å². The summed E-state index contributed by atoms with van der Waals surface area (Å²) in [5, 5.41) is 3.20. The number of nitrogens with one attached hydrogen (secondary N) is 1. The number of carbonyl (C=O) groups excluding carboxylic acids is 1. The van der Waals surface area contributed by atoms with Crippen LogP contribution in [0, 0.1) is 0 Å². The molecule has 2 aromatic rings. The average molecular weight is 285 g/mol. The molecule has 5 N–H and O–H groups in total. The molecule has 0 unspecified atom stereocenters. The first-order valence-corrected chi connectivity index (χ1v) is 6.66. The van der Waals surface area contributed by atoms with Crippen molar-refractivity contribution >= 4 is 17.3 Å². The maximum absolute atomic E-state index is 11.4. The Morgan fingerprint density at radius 1 is 1.24 bits per heavy atom. The summed E-state index contributed by atoms with van der Waals surface area (Å²) in [5.74, 6) is 0.355. The van der Waals surface area contributed by atoms with Gasteiger partial charge in [-0.2, -0.15) is 0 Å². The fourth-order valence-corrected chi connectivity index (χ4v) is 2.09. The van der Waals surface area contributed by atoms with Crippen LogP contribution in [0.1, 0.15) is 15.9 Å². The van der Waals surface area contributed by atoms with Gasteiger partial charge >= 0.3 is 0 Å². The van der Waals surface area contributed by atoms with E-state index in [1.54, 1.807) is 25.3 Å². The van der Waals surface area contributed by atoms with E-state index in [4.69, 9.17) is 16.2 Å². The zero-order chi connectivity index (χ0) is 15.2. The molecule has 0 aliphatic carbocycles. The van der Waals surface area contributed by atoms with Crippen LogP contribution in [0.15, 0.2) is 42.5 Å². The van der Waals surface area contributed by atoms with Gasteiger partial charge in [-0.15, -0.1) is 0 Å². The molecule has 110 valence electrons. The number of rotatable bonds is 6. The number of nitrogens with two attached hydrogens (primary N) is 2. The van der Waals surface area contributed by atoms with E-state index < -0.39 is 5.91 Å². The summed E-state index contributed by atoms with van der Waals surface area (Å²) < 4.78 is 5.19. The second-order valence-corrected chi connectivity index (χ2v) is 4.70. The van der Waals surface area contributed by atoms with Crippen molar-refractivity contribution in [2.45, 2.75) is 6.42 Å². The van der Waals surface area contributed by atoms with Crippen LogP contribution in [-0.2, 0) is 6.42 Å². The predicted octanol–water partition coefficient (Wildman–Crippen LogP) is 2.03. The zero-order valence-electron chi connectivity index (χ0n) is 11.9. The Labute approximate surface area is 123 Å². The van der Waals surface area contributed by atoms with E-state index in [1.165, 1.54) is 0 Å². The van der Waals surface area contributed by atoms with Gasteiger partial charge < -0.3 is 21.5 Å². The molecule has 0 fully saturated rings. The summed E-state index contributed by atoms with van der Waals surface area (Å²) in [6.45, 7) is 0.664. The minimum atomic E-state index is -0.473. The summed E-state index contributed by atoms with van der Waals surface area (Å²) in [5.41, 5.74) is 13.9. The molecule has 1 amide bonds. The monoisotopic (exact) mass is 285 g/mol. The first-order valence-electron chi connectivity index (χ1n) is 6.66. The van der Waals surface area contributed by atoms with Crippen LogP contribution in [0.25, 0.3) is 0 Å². The lowest BCUT2D eigenvalue weighted by atomic mass is 10.1.